The molecule has 0 spiro atoms. The number of benzene rings is 1. The summed E-state index contributed by atoms with van der Waals surface area (Å²) < 4.78 is 15.7. The van der Waals surface area contributed by atoms with Gasteiger partial charge in [-0.2, -0.15) is 0 Å². The van der Waals surface area contributed by atoms with E-state index in [-0.39, 0.29) is 6.42 Å². The highest BCUT2D eigenvalue weighted by Gasteiger charge is 2.43. The van der Waals surface area contributed by atoms with Gasteiger partial charge >= 0.3 is 12.1 Å². The fourth-order valence-corrected chi connectivity index (χ4v) is 2.36. The van der Waals surface area contributed by atoms with Gasteiger partial charge in [-0.25, -0.2) is 9.59 Å². The zero-order valence-electron chi connectivity index (χ0n) is 15.5. The largest absolute Gasteiger partial charge is 0.494 e. The molecule has 0 aliphatic heterocycles. The molecule has 0 heterocycles. The zero-order chi connectivity index (χ0) is 19.1. The molecule has 0 aromatic heterocycles. The molecule has 1 unspecified atom stereocenters. The second kappa shape index (κ2) is 8.55. The molecule has 0 aliphatic carbocycles. The number of methoxy groups -OCH3 is 1. The number of nitrogens with one attached hydrogen (secondary N) is 1. The van der Waals surface area contributed by atoms with Crippen LogP contribution in [0.4, 0.5) is 4.79 Å². The summed E-state index contributed by atoms with van der Waals surface area (Å²) in [5.74, 6) is 0.0586. The normalized spacial score (nSPS) is 13.3. The van der Waals surface area contributed by atoms with Crippen LogP contribution in [0.2, 0.25) is 0 Å². The lowest BCUT2D eigenvalue weighted by molar-refractivity contribution is -0.149. The van der Waals surface area contributed by atoms with E-state index in [2.05, 4.69) is 11.9 Å². The Kier molecular flexibility index (Phi) is 7.03. The van der Waals surface area contributed by atoms with Crippen LogP contribution in [0.3, 0.4) is 0 Å². The topological polar surface area (TPSA) is 73.9 Å². The number of alkyl carbamates (subject to hydrolysis) is 1. The van der Waals surface area contributed by atoms with E-state index in [4.69, 9.17) is 14.2 Å². The van der Waals surface area contributed by atoms with Crippen LogP contribution < -0.4 is 10.1 Å². The summed E-state index contributed by atoms with van der Waals surface area (Å²) in [5, 5.41) is 2.66. The molecule has 0 bridgehead atoms. The van der Waals surface area contributed by atoms with Crippen LogP contribution in [0.15, 0.2) is 36.9 Å². The van der Waals surface area contributed by atoms with Gasteiger partial charge in [0.15, 0.2) is 5.54 Å². The lowest BCUT2D eigenvalue weighted by atomic mass is 9.86. The lowest BCUT2D eigenvalue weighted by Gasteiger charge is -2.32. The molecular weight excluding hydrogens is 322 g/mol. The average molecular weight is 349 g/mol. The van der Waals surface area contributed by atoms with Crippen LogP contribution >= 0.6 is 0 Å². The third-order valence-corrected chi connectivity index (χ3v) is 3.36. The number of ether oxygens (including phenoxy) is 3. The maximum atomic E-state index is 12.6. The standard InChI is InChI=1S/C19H27NO5/c1-7-13-19(16(21)23-6,20-17(22)25-18(3,4)5)14-9-11-15(12-10-14)24-8-2/h7,9-12H,1,8,13H2,2-6H3,(H,20,22). The molecule has 1 aromatic rings. The Labute approximate surface area is 149 Å². The van der Waals surface area contributed by atoms with Crippen LogP contribution in [0.1, 0.15) is 39.7 Å². The van der Waals surface area contributed by atoms with E-state index in [1.807, 2.05) is 6.92 Å². The molecule has 0 fully saturated rings. The molecule has 1 amide bonds. The summed E-state index contributed by atoms with van der Waals surface area (Å²) in [6.07, 6.45) is 0.978. The van der Waals surface area contributed by atoms with E-state index in [1.54, 1.807) is 51.1 Å². The Morgan fingerprint density at radius 1 is 1.20 bits per heavy atom. The molecule has 1 atom stereocenters. The van der Waals surface area contributed by atoms with Crippen molar-refractivity contribution in [2.75, 3.05) is 13.7 Å². The first-order valence-corrected chi connectivity index (χ1v) is 8.12. The third kappa shape index (κ3) is 5.52. The van der Waals surface area contributed by atoms with Gasteiger partial charge in [-0.3, -0.25) is 0 Å². The molecule has 6 nitrogen and oxygen atoms in total. The lowest BCUT2D eigenvalue weighted by Crippen LogP contribution is -2.53. The van der Waals surface area contributed by atoms with E-state index in [1.165, 1.54) is 7.11 Å². The van der Waals surface area contributed by atoms with E-state index < -0.39 is 23.2 Å². The van der Waals surface area contributed by atoms with Crippen LogP contribution in [-0.4, -0.2) is 31.4 Å². The molecule has 1 rings (SSSR count). The number of hydrogen-bond acceptors (Lipinski definition) is 5. The number of carbonyl (C=O) groups excluding carboxylic acids is 2. The second-order valence-corrected chi connectivity index (χ2v) is 6.47. The summed E-state index contributed by atoms with van der Waals surface area (Å²) in [5.41, 5.74) is -1.57. The highest BCUT2D eigenvalue weighted by atomic mass is 16.6. The van der Waals surface area contributed by atoms with E-state index >= 15 is 0 Å². The van der Waals surface area contributed by atoms with Gasteiger partial charge in [0, 0.05) is 6.42 Å². The van der Waals surface area contributed by atoms with E-state index in [0.717, 1.165) is 0 Å². The number of esters is 1. The minimum atomic E-state index is -1.43. The number of amides is 1. The summed E-state index contributed by atoms with van der Waals surface area (Å²) in [6, 6.07) is 6.89. The fraction of sp³-hybridized carbons (Fsp3) is 0.474. The van der Waals surface area contributed by atoms with Crippen molar-refractivity contribution < 1.29 is 23.8 Å². The van der Waals surface area contributed by atoms with Crippen molar-refractivity contribution in [1.29, 1.82) is 0 Å². The van der Waals surface area contributed by atoms with Crippen molar-refractivity contribution in [1.82, 2.24) is 5.32 Å². The Hall–Kier alpha value is -2.50. The van der Waals surface area contributed by atoms with Gasteiger partial charge in [0.05, 0.1) is 13.7 Å². The maximum Gasteiger partial charge on any atom is 0.408 e. The first-order chi connectivity index (χ1) is 11.7. The monoisotopic (exact) mass is 349 g/mol. The maximum absolute atomic E-state index is 12.6. The van der Waals surface area contributed by atoms with Gasteiger partial charge in [0.1, 0.15) is 11.4 Å². The van der Waals surface area contributed by atoms with Crippen molar-refractivity contribution in [3.8, 4) is 5.75 Å². The number of hydrogen-bond donors (Lipinski definition) is 1. The molecule has 0 aliphatic rings. The first kappa shape index (κ1) is 20.5. The van der Waals surface area contributed by atoms with Crippen LogP contribution in [-0.2, 0) is 19.8 Å². The van der Waals surface area contributed by atoms with Crippen LogP contribution in [0.25, 0.3) is 0 Å². The number of carbonyl (C=O) groups is 2. The van der Waals surface area contributed by atoms with Crippen molar-refractivity contribution in [3.05, 3.63) is 42.5 Å². The molecule has 0 saturated heterocycles. The zero-order valence-corrected chi connectivity index (χ0v) is 15.5. The molecule has 6 heteroatoms. The van der Waals surface area contributed by atoms with Crippen molar-refractivity contribution in [2.24, 2.45) is 0 Å². The van der Waals surface area contributed by atoms with Gasteiger partial charge in [-0.05, 0) is 45.4 Å². The summed E-state index contributed by atoms with van der Waals surface area (Å²) in [4.78, 5) is 24.9. The Bertz CT molecular complexity index is 603. The van der Waals surface area contributed by atoms with Crippen LogP contribution in [0, 0.1) is 0 Å². The molecule has 1 aromatic carbocycles. The van der Waals surface area contributed by atoms with Crippen molar-refractivity contribution >= 4 is 12.1 Å². The quantitative estimate of drug-likeness (QED) is 0.602. The Morgan fingerprint density at radius 3 is 2.24 bits per heavy atom. The van der Waals surface area contributed by atoms with E-state index in [9.17, 15) is 9.59 Å². The highest BCUT2D eigenvalue weighted by molar-refractivity contribution is 5.87. The van der Waals surface area contributed by atoms with Gasteiger partial charge in [-0.1, -0.05) is 18.2 Å². The summed E-state index contributed by atoms with van der Waals surface area (Å²) in [6.45, 7) is 11.3. The van der Waals surface area contributed by atoms with Gasteiger partial charge in [0.2, 0.25) is 0 Å². The van der Waals surface area contributed by atoms with Gasteiger partial charge in [-0.15, -0.1) is 6.58 Å². The summed E-state index contributed by atoms with van der Waals surface area (Å²) in [7, 11) is 1.27. The van der Waals surface area contributed by atoms with Crippen molar-refractivity contribution in [2.45, 2.75) is 45.3 Å². The van der Waals surface area contributed by atoms with Gasteiger partial charge < -0.3 is 19.5 Å². The highest BCUT2D eigenvalue weighted by Crippen LogP contribution is 2.29. The van der Waals surface area contributed by atoms with Gasteiger partial charge in [0.25, 0.3) is 0 Å². The summed E-state index contributed by atoms with van der Waals surface area (Å²) >= 11 is 0. The molecule has 1 N–H and O–H groups in total. The second-order valence-electron chi connectivity index (χ2n) is 6.47. The molecule has 25 heavy (non-hydrogen) atoms. The van der Waals surface area contributed by atoms with Crippen LogP contribution in [0.5, 0.6) is 5.75 Å². The van der Waals surface area contributed by atoms with Crippen molar-refractivity contribution in [3.63, 3.8) is 0 Å². The molecule has 0 saturated carbocycles. The first-order valence-electron chi connectivity index (χ1n) is 8.12. The SMILES string of the molecule is C=CCC(NC(=O)OC(C)(C)C)(C(=O)OC)c1ccc(OCC)cc1. The number of rotatable bonds is 7. The third-order valence-electron chi connectivity index (χ3n) is 3.36. The fourth-order valence-electron chi connectivity index (χ4n) is 2.36. The minimum Gasteiger partial charge on any atom is -0.494 e. The molecule has 138 valence electrons. The molecular formula is C19H27NO5. The minimum absolute atomic E-state index is 0.146. The predicted octanol–water partition coefficient (Wildman–Crippen LogP) is 3.55. The average Bonchev–Trinajstić information content (AvgIpc) is 2.52. The Balaban J connectivity index is 3.27. The smallest absolute Gasteiger partial charge is 0.408 e. The predicted molar refractivity (Wildman–Crippen MR) is 95.5 cm³/mol. The van der Waals surface area contributed by atoms with E-state index in [0.29, 0.717) is 17.9 Å². The Morgan fingerprint density at radius 2 is 1.80 bits per heavy atom. The molecule has 0 radical (unpaired) electrons.